The number of hydrogen-bond acceptors (Lipinski definition) is 3. The minimum Gasteiger partial charge on any atom is -0.397 e. The van der Waals surface area contributed by atoms with Gasteiger partial charge < -0.3 is 11.1 Å². The molecule has 1 heterocycles. The van der Waals surface area contributed by atoms with Crippen molar-refractivity contribution in [1.82, 2.24) is 4.98 Å². The van der Waals surface area contributed by atoms with Crippen LogP contribution in [0.2, 0.25) is 0 Å². The highest BCUT2D eigenvalue weighted by atomic mass is 19.1. The molecular formula is C17H16FN3. The Labute approximate surface area is 122 Å². The summed E-state index contributed by atoms with van der Waals surface area (Å²) in [7, 11) is 0. The second kappa shape index (κ2) is 5.40. The van der Waals surface area contributed by atoms with Gasteiger partial charge in [0.15, 0.2) is 0 Å². The molecule has 3 rings (SSSR count). The number of para-hydroxylation sites is 1. The first-order chi connectivity index (χ1) is 10.1. The van der Waals surface area contributed by atoms with Crippen molar-refractivity contribution in [3.63, 3.8) is 0 Å². The summed E-state index contributed by atoms with van der Waals surface area (Å²) in [4.78, 5) is 4.32. The van der Waals surface area contributed by atoms with E-state index >= 15 is 0 Å². The van der Waals surface area contributed by atoms with Crippen molar-refractivity contribution in [2.24, 2.45) is 0 Å². The molecule has 3 nitrogen and oxygen atoms in total. The predicted molar refractivity (Wildman–Crippen MR) is 84.6 cm³/mol. The number of hydrogen-bond donors (Lipinski definition) is 2. The zero-order valence-corrected chi connectivity index (χ0v) is 11.7. The number of halogens is 1. The Morgan fingerprint density at radius 2 is 1.86 bits per heavy atom. The first kappa shape index (κ1) is 13.4. The topological polar surface area (TPSA) is 50.9 Å². The van der Waals surface area contributed by atoms with E-state index in [1.165, 1.54) is 12.1 Å². The summed E-state index contributed by atoms with van der Waals surface area (Å²) in [6, 6.07) is 14.2. The lowest BCUT2D eigenvalue weighted by atomic mass is 10.1. The van der Waals surface area contributed by atoms with E-state index in [0.717, 1.165) is 22.2 Å². The molecule has 1 atom stereocenters. The number of fused-ring (bicyclic) bond motifs is 1. The zero-order valence-electron chi connectivity index (χ0n) is 11.7. The standard InChI is InChI=1S/C17H16FN3/c1-11(12-5-7-13(18)8-6-12)21-16-9-10-20-17-14(16)3-2-4-15(17)19/h2-11H,19H2,1H3,(H,20,21). The van der Waals surface area contributed by atoms with E-state index in [4.69, 9.17) is 5.73 Å². The van der Waals surface area contributed by atoms with Crippen molar-refractivity contribution in [3.05, 3.63) is 66.1 Å². The van der Waals surface area contributed by atoms with Crippen molar-refractivity contribution in [3.8, 4) is 0 Å². The van der Waals surface area contributed by atoms with Crippen LogP contribution in [-0.2, 0) is 0 Å². The molecule has 0 amide bonds. The highest BCUT2D eigenvalue weighted by molar-refractivity contribution is 5.97. The van der Waals surface area contributed by atoms with Gasteiger partial charge >= 0.3 is 0 Å². The van der Waals surface area contributed by atoms with Crippen LogP contribution in [0.25, 0.3) is 10.9 Å². The van der Waals surface area contributed by atoms with Crippen LogP contribution in [0, 0.1) is 5.82 Å². The van der Waals surface area contributed by atoms with Crippen LogP contribution in [0.3, 0.4) is 0 Å². The number of nitrogens with zero attached hydrogens (tertiary/aromatic N) is 1. The number of nitrogens with one attached hydrogen (secondary N) is 1. The molecule has 2 aromatic carbocycles. The van der Waals surface area contributed by atoms with Gasteiger partial charge in [0, 0.05) is 23.3 Å². The molecule has 0 aliphatic carbocycles. The Balaban J connectivity index is 1.94. The Hall–Kier alpha value is -2.62. The number of benzene rings is 2. The van der Waals surface area contributed by atoms with Gasteiger partial charge in [-0.2, -0.15) is 0 Å². The second-order valence-electron chi connectivity index (χ2n) is 5.02. The number of pyridine rings is 1. The molecule has 0 aliphatic heterocycles. The monoisotopic (exact) mass is 281 g/mol. The van der Waals surface area contributed by atoms with Crippen molar-refractivity contribution >= 4 is 22.3 Å². The van der Waals surface area contributed by atoms with Crippen molar-refractivity contribution < 1.29 is 4.39 Å². The lowest BCUT2D eigenvalue weighted by molar-refractivity contribution is 0.626. The highest BCUT2D eigenvalue weighted by Crippen LogP contribution is 2.28. The van der Waals surface area contributed by atoms with Crippen LogP contribution in [0.15, 0.2) is 54.7 Å². The van der Waals surface area contributed by atoms with Gasteiger partial charge in [-0.25, -0.2) is 4.39 Å². The molecule has 0 aliphatic rings. The molecule has 0 saturated carbocycles. The normalized spacial score (nSPS) is 12.3. The average molecular weight is 281 g/mol. The van der Waals surface area contributed by atoms with E-state index in [1.54, 1.807) is 18.3 Å². The molecule has 106 valence electrons. The quantitative estimate of drug-likeness (QED) is 0.710. The van der Waals surface area contributed by atoms with Gasteiger partial charge in [0.05, 0.1) is 11.2 Å². The maximum Gasteiger partial charge on any atom is 0.123 e. The second-order valence-corrected chi connectivity index (χ2v) is 5.02. The van der Waals surface area contributed by atoms with Crippen LogP contribution in [0.5, 0.6) is 0 Å². The van der Waals surface area contributed by atoms with E-state index in [2.05, 4.69) is 10.3 Å². The molecule has 1 aromatic heterocycles. The molecule has 0 saturated heterocycles. The number of aromatic nitrogens is 1. The molecule has 0 fully saturated rings. The Kier molecular flexibility index (Phi) is 3.44. The maximum atomic E-state index is 13.0. The predicted octanol–water partition coefficient (Wildman–Crippen LogP) is 4.13. The minimum atomic E-state index is -0.229. The summed E-state index contributed by atoms with van der Waals surface area (Å²) >= 11 is 0. The summed E-state index contributed by atoms with van der Waals surface area (Å²) in [6.45, 7) is 2.03. The van der Waals surface area contributed by atoms with Crippen LogP contribution in [-0.4, -0.2) is 4.98 Å². The van der Waals surface area contributed by atoms with Gasteiger partial charge in [0.2, 0.25) is 0 Å². The van der Waals surface area contributed by atoms with Crippen LogP contribution in [0.1, 0.15) is 18.5 Å². The summed E-state index contributed by atoms with van der Waals surface area (Å²) in [6.07, 6.45) is 1.73. The number of rotatable bonds is 3. The Morgan fingerprint density at radius 1 is 1.10 bits per heavy atom. The lowest BCUT2D eigenvalue weighted by Crippen LogP contribution is -2.07. The SMILES string of the molecule is CC(Nc1ccnc2c(N)cccc12)c1ccc(F)cc1. The van der Waals surface area contributed by atoms with Gasteiger partial charge in [0.25, 0.3) is 0 Å². The summed E-state index contributed by atoms with van der Waals surface area (Å²) in [5, 5.41) is 4.41. The van der Waals surface area contributed by atoms with E-state index in [9.17, 15) is 4.39 Å². The Bertz CT molecular complexity index is 769. The fourth-order valence-electron chi connectivity index (χ4n) is 2.39. The molecule has 3 N–H and O–H groups in total. The van der Waals surface area contributed by atoms with Gasteiger partial charge in [0.1, 0.15) is 5.82 Å². The molecule has 0 spiro atoms. The third-order valence-electron chi connectivity index (χ3n) is 3.54. The average Bonchev–Trinajstić information content (AvgIpc) is 2.49. The highest BCUT2D eigenvalue weighted by Gasteiger charge is 2.09. The van der Waals surface area contributed by atoms with Gasteiger partial charge in [-0.3, -0.25) is 4.98 Å². The fourth-order valence-corrected chi connectivity index (χ4v) is 2.39. The lowest BCUT2D eigenvalue weighted by Gasteiger charge is -2.17. The third-order valence-corrected chi connectivity index (χ3v) is 3.54. The van der Waals surface area contributed by atoms with E-state index in [1.807, 2.05) is 31.2 Å². The van der Waals surface area contributed by atoms with Crippen LogP contribution >= 0.6 is 0 Å². The molecule has 1 unspecified atom stereocenters. The molecule has 21 heavy (non-hydrogen) atoms. The number of anilines is 2. The summed E-state index contributed by atoms with van der Waals surface area (Å²) < 4.78 is 13.0. The molecular weight excluding hydrogens is 265 g/mol. The first-order valence-electron chi connectivity index (χ1n) is 6.80. The number of nitrogens with two attached hydrogens (primary N) is 1. The zero-order chi connectivity index (χ0) is 14.8. The van der Waals surface area contributed by atoms with Crippen molar-refractivity contribution in [2.45, 2.75) is 13.0 Å². The van der Waals surface area contributed by atoms with Gasteiger partial charge in [-0.05, 0) is 36.8 Å². The van der Waals surface area contributed by atoms with Gasteiger partial charge in [-0.15, -0.1) is 0 Å². The molecule has 4 heteroatoms. The van der Waals surface area contributed by atoms with E-state index < -0.39 is 0 Å². The van der Waals surface area contributed by atoms with Crippen molar-refractivity contribution in [2.75, 3.05) is 11.1 Å². The summed E-state index contributed by atoms with van der Waals surface area (Å²) in [5.74, 6) is -0.229. The van der Waals surface area contributed by atoms with Crippen LogP contribution < -0.4 is 11.1 Å². The minimum absolute atomic E-state index is 0.0534. The smallest absolute Gasteiger partial charge is 0.123 e. The van der Waals surface area contributed by atoms with E-state index in [-0.39, 0.29) is 11.9 Å². The Morgan fingerprint density at radius 3 is 2.62 bits per heavy atom. The van der Waals surface area contributed by atoms with Crippen LogP contribution in [0.4, 0.5) is 15.8 Å². The fraction of sp³-hybridized carbons (Fsp3) is 0.118. The van der Waals surface area contributed by atoms with Crippen molar-refractivity contribution in [1.29, 1.82) is 0 Å². The maximum absolute atomic E-state index is 13.0. The van der Waals surface area contributed by atoms with E-state index in [0.29, 0.717) is 5.69 Å². The van der Waals surface area contributed by atoms with Gasteiger partial charge in [-0.1, -0.05) is 24.3 Å². The molecule has 0 radical (unpaired) electrons. The first-order valence-corrected chi connectivity index (χ1v) is 6.80. The largest absolute Gasteiger partial charge is 0.397 e. The molecule has 3 aromatic rings. The molecule has 0 bridgehead atoms. The third kappa shape index (κ3) is 2.65. The number of nitrogen functional groups attached to an aromatic ring is 1. The summed E-state index contributed by atoms with van der Waals surface area (Å²) in [5.41, 5.74) is 9.38.